The second-order valence-electron chi connectivity index (χ2n) is 4.50. The van der Waals surface area contributed by atoms with E-state index in [-0.39, 0.29) is 5.56 Å². The molecule has 0 saturated heterocycles. The molecule has 2 amide bonds. The molecule has 0 spiro atoms. The van der Waals surface area contributed by atoms with E-state index in [0.29, 0.717) is 29.4 Å². The molecule has 1 aliphatic heterocycles. The number of imide groups is 1. The Morgan fingerprint density at radius 2 is 2.00 bits per heavy atom. The molecule has 0 unspecified atom stereocenters. The predicted octanol–water partition coefficient (Wildman–Crippen LogP) is 1.86. The zero-order chi connectivity index (χ0) is 15.0. The number of nitrogens with zero attached hydrogens (tertiary/aromatic N) is 2. The topological polar surface area (TPSA) is 85.5 Å². The summed E-state index contributed by atoms with van der Waals surface area (Å²) in [7, 11) is 0. The van der Waals surface area contributed by atoms with Crippen molar-refractivity contribution in [3.05, 3.63) is 47.7 Å². The first-order valence-electron chi connectivity index (χ1n) is 6.49. The van der Waals surface area contributed by atoms with Crippen LogP contribution in [0.3, 0.4) is 0 Å². The number of aromatic nitrogens is 1. The summed E-state index contributed by atoms with van der Waals surface area (Å²) in [4.78, 5) is 29.9. The number of amides is 2. The Morgan fingerprint density at radius 1 is 1.19 bits per heavy atom. The van der Waals surface area contributed by atoms with Gasteiger partial charge in [0.15, 0.2) is 0 Å². The molecule has 0 bridgehead atoms. The smallest absolute Gasteiger partial charge is 0.268 e. The van der Waals surface area contributed by atoms with Gasteiger partial charge in [0.1, 0.15) is 0 Å². The number of hydrogen-bond acceptors (Lipinski definition) is 5. The van der Waals surface area contributed by atoms with Gasteiger partial charge in [-0.25, -0.2) is 9.88 Å². The summed E-state index contributed by atoms with van der Waals surface area (Å²) in [6.07, 6.45) is 1.43. The molecule has 2 N–H and O–H groups in total. The van der Waals surface area contributed by atoms with Gasteiger partial charge in [-0.2, -0.15) is 0 Å². The minimum atomic E-state index is -0.431. The first-order valence-corrected chi connectivity index (χ1v) is 6.49. The number of fused-ring (bicyclic) bond motifs is 1. The summed E-state index contributed by atoms with van der Waals surface area (Å²) < 4.78 is 5.24. The third-order valence-corrected chi connectivity index (χ3v) is 3.22. The summed E-state index contributed by atoms with van der Waals surface area (Å²) in [6.45, 7) is 2.35. The first kappa shape index (κ1) is 13.1. The number of anilines is 2. The monoisotopic (exact) mass is 283 g/mol. The number of ether oxygens (including phenoxy) is 1. The van der Waals surface area contributed by atoms with Gasteiger partial charge in [-0.05, 0) is 25.1 Å². The van der Waals surface area contributed by atoms with E-state index in [0.717, 1.165) is 4.90 Å². The van der Waals surface area contributed by atoms with Crippen molar-refractivity contribution in [2.24, 2.45) is 0 Å². The van der Waals surface area contributed by atoms with Gasteiger partial charge in [-0.3, -0.25) is 9.59 Å². The zero-order valence-corrected chi connectivity index (χ0v) is 11.4. The molecule has 0 atom stereocenters. The van der Waals surface area contributed by atoms with Crippen molar-refractivity contribution in [3.63, 3.8) is 0 Å². The molecule has 0 aliphatic carbocycles. The van der Waals surface area contributed by atoms with Crippen LogP contribution >= 0.6 is 0 Å². The summed E-state index contributed by atoms with van der Waals surface area (Å²) >= 11 is 0. The Hall–Kier alpha value is -2.89. The first-order chi connectivity index (χ1) is 10.1. The minimum Gasteiger partial charge on any atom is -0.478 e. The number of nitrogens with two attached hydrogens (primary N) is 1. The fraction of sp³-hybridized carbons (Fsp3) is 0.133. The molecule has 2 heterocycles. The molecule has 3 rings (SSSR count). The van der Waals surface area contributed by atoms with Crippen molar-refractivity contribution in [2.75, 3.05) is 17.2 Å². The van der Waals surface area contributed by atoms with Gasteiger partial charge in [0.05, 0.1) is 29.6 Å². The average Bonchev–Trinajstić information content (AvgIpc) is 2.74. The van der Waals surface area contributed by atoms with E-state index >= 15 is 0 Å². The zero-order valence-electron chi connectivity index (χ0n) is 11.4. The maximum atomic E-state index is 12.4. The lowest BCUT2D eigenvalue weighted by atomic mass is 10.1. The van der Waals surface area contributed by atoms with Crippen LogP contribution in [-0.2, 0) is 0 Å². The summed E-state index contributed by atoms with van der Waals surface area (Å²) in [6, 6.07) is 8.08. The molecule has 6 nitrogen and oxygen atoms in total. The largest absolute Gasteiger partial charge is 0.478 e. The highest BCUT2D eigenvalue weighted by atomic mass is 16.5. The fourth-order valence-electron chi connectivity index (χ4n) is 2.28. The molecular formula is C15H13N3O3. The van der Waals surface area contributed by atoms with Crippen LogP contribution in [0.4, 0.5) is 11.4 Å². The van der Waals surface area contributed by atoms with Crippen LogP contribution in [0.25, 0.3) is 0 Å². The summed E-state index contributed by atoms with van der Waals surface area (Å²) in [5.74, 6) is -0.385. The number of pyridine rings is 1. The van der Waals surface area contributed by atoms with E-state index in [1.165, 1.54) is 6.20 Å². The van der Waals surface area contributed by atoms with E-state index in [9.17, 15) is 9.59 Å². The van der Waals surface area contributed by atoms with Crippen LogP contribution in [0.15, 0.2) is 36.5 Å². The second-order valence-corrected chi connectivity index (χ2v) is 4.50. The molecule has 1 aromatic carbocycles. The summed E-state index contributed by atoms with van der Waals surface area (Å²) in [5, 5.41) is 0. The van der Waals surface area contributed by atoms with Crippen molar-refractivity contribution in [1.29, 1.82) is 0 Å². The van der Waals surface area contributed by atoms with Crippen LogP contribution in [-0.4, -0.2) is 23.4 Å². The third kappa shape index (κ3) is 2.01. The molecule has 0 fully saturated rings. The van der Waals surface area contributed by atoms with Crippen LogP contribution in [0.1, 0.15) is 27.6 Å². The molecule has 21 heavy (non-hydrogen) atoms. The molecule has 106 valence electrons. The van der Waals surface area contributed by atoms with Gasteiger partial charge < -0.3 is 10.5 Å². The number of carbonyl (C=O) groups is 2. The van der Waals surface area contributed by atoms with Gasteiger partial charge >= 0.3 is 0 Å². The number of carbonyl (C=O) groups excluding carboxylic acids is 2. The van der Waals surface area contributed by atoms with Crippen LogP contribution in [0.2, 0.25) is 0 Å². The van der Waals surface area contributed by atoms with Gasteiger partial charge in [0.25, 0.3) is 11.8 Å². The number of benzene rings is 1. The maximum absolute atomic E-state index is 12.4. The Bertz CT molecular complexity index is 725. The van der Waals surface area contributed by atoms with Crippen molar-refractivity contribution in [2.45, 2.75) is 6.92 Å². The van der Waals surface area contributed by atoms with Crippen molar-refractivity contribution >= 4 is 23.2 Å². The highest BCUT2D eigenvalue weighted by Gasteiger charge is 2.38. The number of nitrogen functional groups attached to an aromatic ring is 1. The van der Waals surface area contributed by atoms with Gasteiger partial charge in [0.2, 0.25) is 5.88 Å². The molecule has 6 heteroatoms. The lowest BCUT2D eigenvalue weighted by Gasteiger charge is -2.13. The lowest BCUT2D eigenvalue weighted by Crippen LogP contribution is -2.29. The molecule has 0 radical (unpaired) electrons. The van der Waals surface area contributed by atoms with Crippen molar-refractivity contribution in [1.82, 2.24) is 4.98 Å². The van der Waals surface area contributed by atoms with Gasteiger partial charge in [0, 0.05) is 11.8 Å². The molecular weight excluding hydrogens is 270 g/mol. The van der Waals surface area contributed by atoms with Crippen molar-refractivity contribution in [3.8, 4) is 5.88 Å². The number of rotatable bonds is 3. The Morgan fingerprint density at radius 3 is 2.62 bits per heavy atom. The average molecular weight is 283 g/mol. The Kier molecular flexibility index (Phi) is 3.06. The quantitative estimate of drug-likeness (QED) is 0.686. The normalized spacial score (nSPS) is 13.5. The second kappa shape index (κ2) is 4.90. The minimum absolute atomic E-state index is 0.247. The maximum Gasteiger partial charge on any atom is 0.268 e. The molecule has 1 aliphatic rings. The Labute approximate surface area is 121 Å². The predicted molar refractivity (Wildman–Crippen MR) is 77.4 cm³/mol. The molecule has 1 aromatic heterocycles. The van der Waals surface area contributed by atoms with Crippen LogP contribution in [0, 0.1) is 0 Å². The molecule has 0 saturated carbocycles. The SMILES string of the molecule is CCOc1ccc(N2C(=O)c3cccc(N)c3C2=O)cn1. The van der Waals surface area contributed by atoms with Gasteiger partial charge in [-0.15, -0.1) is 0 Å². The lowest BCUT2D eigenvalue weighted by molar-refractivity contribution is 0.0926. The van der Waals surface area contributed by atoms with Crippen molar-refractivity contribution < 1.29 is 14.3 Å². The van der Waals surface area contributed by atoms with E-state index in [4.69, 9.17) is 10.5 Å². The van der Waals surface area contributed by atoms with Gasteiger partial charge in [-0.1, -0.05) is 6.07 Å². The summed E-state index contributed by atoms with van der Waals surface area (Å²) in [5.41, 5.74) is 7.04. The Balaban J connectivity index is 2.00. The van der Waals surface area contributed by atoms with E-state index < -0.39 is 11.8 Å². The van der Waals surface area contributed by atoms with E-state index in [1.807, 2.05) is 6.92 Å². The number of hydrogen-bond donors (Lipinski definition) is 1. The fourth-order valence-corrected chi connectivity index (χ4v) is 2.28. The molecule has 2 aromatic rings. The van der Waals surface area contributed by atoms with Crippen LogP contribution < -0.4 is 15.4 Å². The highest BCUT2D eigenvalue weighted by Crippen LogP contribution is 2.31. The third-order valence-electron chi connectivity index (χ3n) is 3.22. The highest BCUT2D eigenvalue weighted by molar-refractivity contribution is 6.35. The van der Waals surface area contributed by atoms with E-state index in [2.05, 4.69) is 4.98 Å². The van der Waals surface area contributed by atoms with E-state index in [1.54, 1.807) is 30.3 Å². The standard InChI is InChI=1S/C15H13N3O3/c1-2-21-12-7-6-9(8-17-12)18-14(19)10-4-3-5-11(16)13(10)15(18)20/h3-8H,2,16H2,1H3. The van der Waals surface area contributed by atoms with Crippen LogP contribution in [0.5, 0.6) is 5.88 Å².